The minimum absolute atomic E-state index is 0.0417. The maximum absolute atomic E-state index is 15.8. The van der Waals surface area contributed by atoms with Crippen molar-refractivity contribution in [2.24, 2.45) is 0 Å². The monoisotopic (exact) mass is 652 g/mol. The van der Waals surface area contributed by atoms with Crippen LogP contribution in [-0.2, 0) is 23.4 Å². The molecule has 2 aliphatic rings. The van der Waals surface area contributed by atoms with Gasteiger partial charge in [-0.15, -0.1) is 0 Å². The number of benzene rings is 1. The van der Waals surface area contributed by atoms with E-state index >= 15 is 4.39 Å². The Kier molecular flexibility index (Phi) is 9.91. The van der Waals surface area contributed by atoms with Crippen LogP contribution in [0.1, 0.15) is 59.1 Å². The summed E-state index contributed by atoms with van der Waals surface area (Å²) in [5.41, 5.74) is 3.75. The number of anilines is 1. The molecule has 2 fully saturated rings. The minimum atomic E-state index is -4.66. The van der Waals surface area contributed by atoms with E-state index < -0.39 is 50.2 Å². The number of halogens is 1. The third-order valence-electron chi connectivity index (χ3n) is 7.64. The van der Waals surface area contributed by atoms with Crippen LogP contribution in [0.5, 0.6) is 11.6 Å². The van der Waals surface area contributed by atoms with Gasteiger partial charge in [-0.3, -0.25) is 13.9 Å². The number of nitrogens with zero attached hydrogens (tertiary/aromatic N) is 4. The first-order chi connectivity index (χ1) is 21.4. The molecule has 1 aromatic carbocycles. The summed E-state index contributed by atoms with van der Waals surface area (Å²) >= 11 is 0. The molecule has 4 unspecified atom stereocenters. The maximum Gasteiger partial charge on any atom is 0.460 e. The van der Waals surface area contributed by atoms with Crippen molar-refractivity contribution in [1.29, 1.82) is 0 Å². The lowest BCUT2D eigenvalue weighted by atomic mass is 9.90. The molecule has 1 aliphatic heterocycles. The quantitative estimate of drug-likeness (QED) is 0.174. The lowest BCUT2D eigenvalue weighted by molar-refractivity contribution is -0.308. The smallest absolute Gasteiger partial charge is 0.460 e. The topological polar surface area (TPSA) is 202 Å². The van der Waals surface area contributed by atoms with Crippen LogP contribution in [0.2, 0.25) is 0 Å². The van der Waals surface area contributed by atoms with E-state index in [2.05, 4.69) is 20.0 Å². The van der Waals surface area contributed by atoms with Crippen molar-refractivity contribution in [3.8, 4) is 11.6 Å². The zero-order chi connectivity index (χ0) is 32.4. The molecule has 17 heteroatoms. The fourth-order valence-corrected chi connectivity index (χ4v) is 6.99. The number of carbonyl (C=O) groups excluding carboxylic acids is 1. The lowest BCUT2D eigenvalue weighted by Crippen LogP contribution is -2.62. The lowest BCUT2D eigenvalue weighted by Gasteiger charge is -2.46. The molecule has 0 spiro atoms. The predicted octanol–water partition coefficient (Wildman–Crippen LogP) is 3.17. The average molecular weight is 653 g/mol. The second-order valence-corrected chi connectivity index (χ2v) is 12.8. The molecular formula is C28H38FN6O9P. The summed E-state index contributed by atoms with van der Waals surface area (Å²) in [6.07, 6.45) is -2.88. The molecule has 15 nitrogen and oxygen atoms in total. The highest BCUT2D eigenvalue weighted by Gasteiger charge is 2.57. The summed E-state index contributed by atoms with van der Waals surface area (Å²) in [5, 5.41) is 25.3. The van der Waals surface area contributed by atoms with Crippen LogP contribution in [0, 0.1) is 0 Å². The van der Waals surface area contributed by atoms with Gasteiger partial charge in [-0.2, -0.15) is 15.1 Å². The molecular weight excluding hydrogens is 614 g/mol. The highest BCUT2D eigenvalue weighted by Crippen LogP contribution is 2.50. The zero-order valence-electron chi connectivity index (χ0n) is 25.1. The number of rotatable bonds is 11. The number of esters is 1. The van der Waals surface area contributed by atoms with Crippen molar-refractivity contribution < 1.29 is 47.2 Å². The van der Waals surface area contributed by atoms with Gasteiger partial charge in [-0.25, -0.2) is 13.9 Å². The minimum Gasteiger partial charge on any atom is -0.476 e. The van der Waals surface area contributed by atoms with Crippen LogP contribution >= 0.6 is 7.75 Å². The number of aliphatic hydroxyl groups excluding tert-OH is 1. The third-order valence-corrected chi connectivity index (χ3v) is 9.31. The van der Waals surface area contributed by atoms with Crippen molar-refractivity contribution in [2.45, 2.75) is 95.4 Å². The Morgan fingerprint density at radius 2 is 1.98 bits per heavy atom. The first-order valence-electron chi connectivity index (χ1n) is 14.8. The molecule has 5 N–H and O–H groups in total. The number of nitrogens with one attached hydrogen (secondary N) is 1. The van der Waals surface area contributed by atoms with Crippen LogP contribution < -0.4 is 20.1 Å². The molecule has 3 aromatic rings. The van der Waals surface area contributed by atoms with E-state index in [1.165, 1.54) is 36.9 Å². The predicted molar refractivity (Wildman–Crippen MR) is 158 cm³/mol. The van der Waals surface area contributed by atoms with Gasteiger partial charge >= 0.3 is 13.7 Å². The first-order valence-corrected chi connectivity index (χ1v) is 16.3. The van der Waals surface area contributed by atoms with Crippen LogP contribution in [-0.4, -0.2) is 78.6 Å². The maximum atomic E-state index is 15.8. The van der Waals surface area contributed by atoms with Crippen molar-refractivity contribution in [2.75, 3.05) is 12.3 Å². The van der Waals surface area contributed by atoms with Crippen LogP contribution in [0.25, 0.3) is 11.2 Å². The van der Waals surface area contributed by atoms with E-state index in [0.717, 1.165) is 32.1 Å². The summed E-state index contributed by atoms with van der Waals surface area (Å²) in [7, 11) is -4.66. The van der Waals surface area contributed by atoms with Crippen LogP contribution in [0.15, 0.2) is 36.7 Å². The fraction of sp³-hybridized carbons (Fsp3) is 0.571. The molecule has 45 heavy (non-hydrogen) atoms. The SMILES string of the molecule is CCOc1nc(N)nc2c1ncn2[C@@H]1OC(F)C(OP(=O)(NC(C)C(=O)OC2CCCCC2)Oc2ccccc2)[C@@H](O)[C@@]1(C)O. The van der Waals surface area contributed by atoms with Crippen molar-refractivity contribution >= 4 is 30.8 Å². The van der Waals surface area contributed by atoms with Gasteiger partial charge in [-0.05, 0) is 58.6 Å². The van der Waals surface area contributed by atoms with E-state index in [9.17, 15) is 19.6 Å². The first kappa shape index (κ1) is 33.0. The highest BCUT2D eigenvalue weighted by molar-refractivity contribution is 7.52. The van der Waals surface area contributed by atoms with Gasteiger partial charge in [0.15, 0.2) is 23.5 Å². The number of nitrogens with two attached hydrogens (primary N) is 1. The van der Waals surface area contributed by atoms with Gasteiger partial charge in [0, 0.05) is 0 Å². The molecule has 7 atom stereocenters. The molecule has 0 radical (unpaired) electrons. The molecule has 1 saturated carbocycles. The average Bonchev–Trinajstić information content (AvgIpc) is 3.42. The molecule has 3 heterocycles. The number of fused-ring (bicyclic) bond motifs is 1. The number of para-hydroxylation sites is 1. The summed E-state index contributed by atoms with van der Waals surface area (Å²) < 4.78 is 58.9. The summed E-state index contributed by atoms with van der Waals surface area (Å²) in [6, 6.07) is 6.65. The van der Waals surface area contributed by atoms with Gasteiger partial charge in [0.2, 0.25) is 18.2 Å². The van der Waals surface area contributed by atoms with Crippen LogP contribution in [0.3, 0.4) is 0 Å². The van der Waals surface area contributed by atoms with E-state index in [1.807, 2.05) is 0 Å². The summed E-state index contributed by atoms with van der Waals surface area (Å²) in [6.45, 7) is 4.55. The Hall–Kier alpha value is -3.40. The normalized spacial score (nSPS) is 27.9. The molecule has 2 aromatic heterocycles. The Morgan fingerprint density at radius 3 is 2.67 bits per heavy atom. The second kappa shape index (κ2) is 13.5. The van der Waals surface area contributed by atoms with E-state index in [1.54, 1.807) is 25.1 Å². The molecule has 0 bridgehead atoms. The van der Waals surface area contributed by atoms with Crippen molar-refractivity contribution in [3.05, 3.63) is 36.7 Å². The number of carbonyl (C=O) groups is 1. The number of hydrogen-bond donors (Lipinski definition) is 4. The summed E-state index contributed by atoms with van der Waals surface area (Å²) in [4.78, 5) is 25.2. The molecule has 1 aliphatic carbocycles. The number of aromatic nitrogens is 4. The van der Waals surface area contributed by atoms with E-state index in [0.29, 0.717) is 0 Å². The largest absolute Gasteiger partial charge is 0.476 e. The number of imidazole rings is 1. The van der Waals surface area contributed by atoms with Crippen LogP contribution in [0.4, 0.5) is 10.3 Å². The van der Waals surface area contributed by atoms with Gasteiger partial charge in [0.25, 0.3) is 0 Å². The zero-order valence-corrected chi connectivity index (χ0v) is 26.0. The summed E-state index contributed by atoms with van der Waals surface area (Å²) in [5.74, 6) is -0.747. The molecule has 1 saturated heterocycles. The molecule has 246 valence electrons. The van der Waals surface area contributed by atoms with E-state index in [-0.39, 0.29) is 41.5 Å². The van der Waals surface area contributed by atoms with E-state index in [4.69, 9.17) is 29.0 Å². The fourth-order valence-electron chi connectivity index (χ4n) is 5.33. The second-order valence-electron chi connectivity index (χ2n) is 11.2. The van der Waals surface area contributed by atoms with Gasteiger partial charge in [0.05, 0.1) is 12.9 Å². The van der Waals surface area contributed by atoms with Gasteiger partial charge in [0.1, 0.15) is 29.6 Å². The van der Waals surface area contributed by atoms with Crippen molar-refractivity contribution in [1.82, 2.24) is 24.6 Å². The molecule has 5 rings (SSSR count). The standard InChI is InChI=1S/C28H38FN6O9P/c1-4-40-24-19-23(32-27(30)33-24)35(15-31-19)26-28(3,38)21(36)20(22(29)42-26)44-45(39,43-18-13-9-6-10-14-18)34-16(2)25(37)41-17-11-7-5-8-12-17/h6,9-10,13-17,20-22,26,36,38H,4-5,7-8,11-12H2,1-3H3,(H,34,39)(H2,30,32,33)/t16?,20?,21-,22?,26-,28-,45?/m1/s1. The van der Waals surface area contributed by atoms with Gasteiger partial charge in [-0.1, -0.05) is 24.6 Å². The number of nitrogen functional groups attached to an aromatic ring is 1. The number of alkyl halides is 1. The Labute approximate surface area is 258 Å². The Balaban J connectivity index is 1.39. The Bertz CT molecular complexity index is 1520. The number of aliphatic hydroxyl groups is 2. The highest BCUT2D eigenvalue weighted by atomic mass is 31.2. The van der Waals surface area contributed by atoms with Gasteiger partial charge < -0.3 is 34.7 Å². The number of hydrogen-bond acceptors (Lipinski definition) is 13. The van der Waals surface area contributed by atoms with Crippen molar-refractivity contribution in [3.63, 3.8) is 0 Å². The number of ether oxygens (including phenoxy) is 3. The molecule has 0 amide bonds. The third kappa shape index (κ3) is 7.21. The Morgan fingerprint density at radius 1 is 1.27 bits per heavy atom.